The van der Waals surface area contributed by atoms with Crippen molar-refractivity contribution in [3.63, 3.8) is 0 Å². The van der Waals surface area contributed by atoms with Crippen LogP contribution in [0.25, 0.3) is 0 Å². The van der Waals surface area contributed by atoms with Crippen molar-refractivity contribution in [1.29, 1.82) is 0 Å². The van der Waals surface area contributed by atoms with E-state index in [1.165, 1.54) is 31.4 Å². The van der Waals surface area contributed by atoms with Crippen LogP contribution in [0.2, 0.25) is 0 Å². The Kier molecular flexibility index (Phi) is 21.3. The molecule has 3 heterocycles. The Morgan fingerprint density at radius 3 is 2.32 bits per heavy atom. The molecule has 0 aliphatic carbocycles. The third-order valence-electron chi connectivity index (χ3n) is 12.9. The standard InChI is InChI=1S/C49H75NO15/c1-13-15-20-40(52)61-37-24-41(60-34(11)46(37)64-48(50)57)62-39-25-49(58,65-36(17-14-2)30(39)7)33(10)44(55)32(9)45-35(51)19-16-18-26(3)21-28(5)42(53)31(8)43(54)29(6)22-27(4)23-38(59-12)47(56)63-45/h13-20,22-23,28-37,39,41-46,51,53-55,58H,1,21,24-25H2,2-12H3,(H2,50,57)/b17-14+,19-16+,20-15+,26-18+,27-22+,38-23-/t28-,29-,30-,31+,32+,33+,34+,35+,36-,37+,39-,41-,42+,43-,44-,45-,46+,49-/m1/s1. The van der Waals surface area contributed by atoms with Crippen molar-refractivity contribution in [2.24, 2.45) is 41.2 Å². The smallest absolute Gasteiger partial charge is 0.404 e. The average Bonchev–Trinajstić information content (AvgIpc) is 3.24. The number of rotatable bonds is 12. The van der Waals surface area contributed by atoms with E-state index in [1.54, 1.807) is 71.9 Å². The lowest BCUT2D eigenvalue weighted by atomic mass is 9.77. The Bertz CT molecular complexity index is 1790. The molecule has 3 aliphatic heterocycles. The highest BCUT2D eigenvalue weighted by Gasteiger charge is 2.53. The molecule has 0 saturated carbocycles. The molecule has 0 aromatic carbocycles. The molecule has 0 aromatic rings. The van der Waals surface area contributed by atoms with Crippen molar-refractivity contribution >= 4 is 18.0 Å². The SMILES string of the molecule is C=C/C=C/C(=O)O[C@H]1C[C@@H](O[C@@H]2C[C@](O)([C@@H](C)[C@H](O)[C@H](C)[C@H]3OC(=O)/C(OC)=C/C(C)=C/[C@@H](C)[C@@H](O)[C@@H](C)[C@@H](O)[C@H](C)C/C(C)=C/C=C/[C@@H]3O)O[C@H](/C=C/C)[C@H]2C)O[C@@H](C)[C@@H]1OC(N)=O. The van der Waals surface area contributed by atoms with Crippen LogP contribution in [-0.4, -0.2) is 124 Å². The van der Waals surface area contributed by atoms with Gasteiger partial charge in [0.25, 0.3) is 0 Å². The molecule has 0 unspecified atom stereocenters. The summed E-state index contributed by atoms with van der Waals surface area (Å²) in [6, 6.07) is 0. The van der Waals surface area contributed by atoms with Crippen molar-refractivity contribution in [2.75, 3.05) is 7.11 Å². The highest BCUT2D eigenvalue weighted by Crippen LogP contribution is 2.42. The number of amides is 1. The molecule has 16 heteroatoms. The van der Waals surface area contributed by atoms with Crippen LogP contribution in [0.15, 0.2) is 84.2 Å². The zero-order valence-electron chi connectivity index (χ0n) is 39.8. The molecule has 366 valence electrons. The lowest BCUT2D eigenvalue weighted by molar-refractivity contribution is -0.338. The Morgan fingerprint density at radius 2 is 1.71 bits per heavy atom. The van der Waals surface area contributed by atoms with Gasteiger partial charge in [0.05, 0.1) is 43.7 Å². The number of aliphatic hydroxyl groups is 5. The molecule has 1 amide bonds. The number of cyclic esters (lactones) is 1. The largest absolute Gasteiger partial charge is 0.490 e. The first-order valence-electron chi connectivity index (χ1n) is 22.5. The third kappa shape index (κ3) is 15.2. The van der Waals surface area contributed by atoms with Gasteiger partial charge in [-0.1, -0.05) is 108 Å². The zero-order valence-corrected chi connectivity index (χ0v) is 39.8. The zero-order chi connectivity index (χ0) is 48.9. The number of nitrogens with two attached hydrogens (primary N) is 1. The number of primary amides is 1. The first-order chi connectivity index (χ1) is 30.5. The van der Waals surface area contributed by atoms with Crippen LogP contribution < -0.4 is 5.73 Å². The van der Waals surface area contributed by atoms with E-state index in [0.717, 1.165) is 11.6 Å². The van der Waals surface area contributed by atoms with Gasteiger partial charge in [-0.15, -0.1) is 0 Å². The molecular weight excluding hydrogens is 843 g/mol. The first kappa shape index (κ1) is 55.2. The Balaban J connectivity index is 1.99. The highest BCUT2D eigenvalue weighted by molar-refractivity contribution is 5.87. The summed E-state index contributed by atoms with van der Waals surface area (Å²) in [7, 11) is 1.29. The van der Waals surface area contributed by atoms with Crippen LogP contribution >= 0.6 is 0 Å². The summed E-state index contributed by atoms with van der Waals surface area (Å²) in [6.45, 7) is 21.1. The predicted molar refractivity (Wildman–Crippen MR) is 242 cm³/mol. The third-order valence-corrected chi connectivity index (χ3v) is 12.9. The van der Waals surface area contributed by atoms with E-state index >= 15 is 0 Å². The van der Waals surface area contributed by atoms with Crippen LogP contribution in [0.4, 0.5) is 4.79 Å². The van der Waals surface area contributed by atoms with E-state index in [1.807, 2.05) is 27.7 Å². The van der Waals surface area contributed by atoms with E-state index in [0.29, 0.717) is 12.0 Å². The summed E-state index contributed by atoms with van der Waals surface area (Å²) in [6.07, 6.45) is 3.23. The summed E-state index contributed by atoms with van der Waals surface area (Å²) < 4.78 is 41.3. The molecule has 16 nitrogen and oxygen atoms in total. The number of hydrogen-bond acceptors (Lipinski definition) is 15. The molecule has 2 fully saturated rings. The second kappa shape index (κ2) is 25.1. The summed E-state index contributed by atoms with van der Waals surface area (Å²) in [5, 5.41) is 58.5. The maximum atomic E-state index is 13.8. The fourth-order valence-electron chi connectivity index (χ4n) is 8.88. The molecule has 3 aliphatic rings. The number of allylic oxidation sites excluding steroid dienone is 8. The Hall–Kier alpha value is -4.13. The normalized spacial score (nSPS) is 40.2. The number of esters is 2. The molecule has 7 N–H and O–H groups in total. The molecule has 2 saturated heterocycles. The second-order valence-corrected chi connectivity index (χ2v) is 18.1. The lowest BCUT2D eigenvalue weighted by Crippen LogP contribution is -2.59. The summed E-state index contributed by atoms with van der Waals surface area (Å²) >= 11 is 0. The maximum Gasteiger partial charge on any atom is 0.404 e. The maximum absolute atomic E-state index is 13.8. The van der Waals surface area contributed by atoms with Gasteiger partial charge in [-0.25, -0.2) is 14.4 Å². The van der Waals surface area contributed by atoms with E-state index in [2.05, 4.69) is 6.58 Å². The van der Waals surface area contributed by atoms with Gasteiger partial charge in [-0.2, -0.15) is 0 Å². The number of ether oxygens (including phenoxy) is 7. The van der Waals surface area contributed by atoms with Gasteiger partial charge in [-0.05, 0) is 46.1 Å². The summed E-state index contributed by atoms with van der Waals surface area (Å²) in [4.78, 5) is 38.2. The first-order valence-corrected chi connectivity index (χ1v) is 22.5. The Labute approximate surface area is 384 Å². The predicted octanol–water partition coefficient (Wildman–Crippen LogP) is 5.23. The molecule has 0 radical (unpaired) electrons. The van der Waals surface area contributed by atoms with Crippen molar-refractivity contribution in [3.05, 3.63) is 84.2 Å². The van der Waals surface area contributed by atoms with Gasteiger partial charge in [-0.3, -0.25) is 0 Å². The molecule has 0 aromatic heterocycles. The number of aliphatic hydroxyl groups excluding tert-OH is 4. The molecular formula is C49H75NO15. The van der Waals surface area contributed by atoms with Gasteiger partial charge in [0.1, 0.15) is 18.3 Å². The number of methoxy groups -OCH3 is 1. The number of hydrogen-bond donors (Lipinski definition) is 6. The van der Waals surface area contributed by atoms with Gasteiger partial charge in [0.15, 0.2) is 18.2 Å². The quantitative estimate of drug-likeness (QED) is 0.0483. The van der Waals surface area contributed by atoms with E-state index in [-0.39, 0.29) is 30.4 Å². The summed E-state index contributed by atoms with van der Waals surface area (Å²) in [5.74, 6) is -7.50. The fraction of sp³-hybridized carbons (Fsp3) is 0.653. The second-order valence-electron chi connectivity index (χ2n) is 18.1. The van der Waals surface area contributed by atoms with Gasteiger partial charge >= 0.3 is 18.0 Å². The lowest BCUT2D eigenvalue weighted by Gasteiger charge is -2.50. The Morgan fingerprint density at radius 1 is 1.03 bits per heavy atom. The minimum Gasteiger partial charge on any atom is -0.490 e. The van der Waals surface area contributed by atoms with Crippen LogP contribution in [-0.2, 0) is 42.7 Å². The van der Waals surface area contributed by atoms with Crippen molar-refractivity contribution < 1.29 is 73.1 Å². The molecule has 3 rings (SSSR count). The van der Waals surface area contributed by atoms with E-state index in [4.69, 9.17) is 38.9 Å². The van der Waals surface area contributed by atoms with Crippen molar-refractivity contribution in [2.45, 2.75) is 162 Å². The number of carbonyl (C=O) groups excluding carboxylic acids is 3. The van der Waals surface area contributed by atoms with Gasteiger partial charge < -0.3 is 64.4 Å². The monoisotopic (exact) mass is 918 g/mol. The minimum absolute atomic E-state index is 0.0660. The van der Waals surface area contributed by atoms with Crippen molar-refractivity contribution in [1.82, 2.24) is 0 Å². The van der Waals surface area contributed by atoms with Crippen LogP contribution in [0.3, 0.4) is 0 Å². The molecule has 0 bridgehead atoms. The van der Waals surface area contributed by atoms with Crippen LogP contribution in [0, 0.1) is 35.5 Å². The van der Waals surface area contributed by atoms with E-state index in [9.17, 15) is 39.9 Å². The fourth-order valence-corrected chi connectivity index (χ4v) is 8.88. The minimum atomic E-state index is -2.06. The molecule has 0 spiro atoms. The van der Waals surface area contributed by atoms with Gasteiger partial charge in [0, 0.05) is 48.5 Å². The topological polar surface area (TPSA) is 243 Å². The van der Waals surface area contributed by atoms with Crippen LogP contribution in [0.1, 0.15) is 88.5 Å². The average molecular weight is 918 g/mol. The molecule has 18 atom stereocenters. The highest BCUT2D eigenvalue weighted by atomic mass is 16.7. The van der Waals surface area contributed by atoms with Crippen molar-refractivity contribution in [3.8, 4) is 0 Å². The summed E-state index contributed by atoms with van der Waals surface area (Å²) in [5.41, 5.74) is 6.78. The van der Waals surface area contributed by atoms with Gasteiger partial charge in [0.2, 0.25) is 5.76 Å². The van der Waals surface area contributed by atoms with E-state index < -0.39 is 115 Å². The number of carbonyl (C=O) groups is 3. The van der Waals surface area contributed by atoms with Crippen LogP contribution in [0.5, 0.6) is 0 Å². The molecule has 65 heavy (non-hydrogen) atoms.